The average molecular weight is 401 g/mol. The Morgan fingerprint density at radius 1 is 1.33 bits per heavy atom. The summed E-state index contributed by atoms with van der Waals surface area (Å²) in [7, 11) is 0. The van der Waals surface area contributed by atoms with Crippen LogP contribution in [-0.2, 0) is 4.79 Å². The first kappa shape index (κ1) is 13.0. The summed E-state index contributed by atoms with van der Waals surface area (Å²) in [6, 6.07) is 3.36. The minimum atomic E-state index is -0.418. The van der Waals surface area contributed by atoms with Crippen molar-refractivity contribution in [2.45, 2.75) is 13.0 Å². The maximum Gasteiger partial charge on any atom is 0.239 e. The van der Waals surface area contributed by atoms with Gasteiger partial charge in [-0.2, -0.15) is 0 Å². The van der Waals surface area contributed by atoms with Crippen LogP contribution >= 0.6 is 47.8 Å². The molecule has 0 aliphatic heterocycles. The summed E-state index contributed by atoms with van der Waals surface area (Å²) in [4.78, 5) is 10.9. The second-order valence-electron chi connectivity index (χ2n) is 3.01. The van der Waals surface area contributed by atoms with Gasteiger partial charge < -0.3 is 11.1 Å². The highest BCUT2D eigenvalue weighted by atomic mass is 79.9. The topological polar surface area (TPSA) is 55.1 Å². The van der Waals surface area contributed by atoms with Crippen molar-refractivity contribution in [3.63, 3.8) is 0 Å². The van der Waals surface area contributed by atoms with E-state index in [0.29, 0.717) is 0 Å². The van der Waals surface area contributed by atoms with E-state index in [4.69, 9.17) is 5.73 Å². The van der Waals surface area contributed by atoms with E-state index < -0.39 is 11.9 Å². The normalized spacial score (nSPS) is 12.3. The van der Waals surface area contributed by atoms with Crippen LogP contribution in [0.2, 0.25) is 0 Å². The molecule has 0 aliphatic rings. The highest BCUT2D eigenvalue weighted by Gasteiger charge is 2.13. The van der Waals surface area contributed by atoms with Gasteiger partial charge in [-0.3, -0.25) is 4.79 Å². The molecule has 0 fully saturated rings. The van der Waals surface area contributed by atoms with Gasteiger partial charge in [0.15, 0.2) is 0 Å². The summed E-state index contributed by atoms with van der Waals surface area (Å²) in [5, 5.41) is 3.02. The van der Waals surface area contributed by atoms with E-state index >= 15 is 0 Å². The van der Waals surface area contributed by atoms with Crippen LogP contribution in [0, 0.1) is 0 Å². The number of hydrogen-bond acceptors (Lipinski definition) is 2. The van der Waals surface area contributed by atoms with Crippen LogP contribution in [0.3, 0.4) is 0 Å². The highest BCUT2D eigenvalue weighted by molar-refractivity contribution is 9.11. The monoisotopic (exact) mass is 398 g/mol. The fourth-order valence-electron chi connectivity index (χ4n) is 0.968. The Bertz CT molecular complexity index is 372. The van der Waals surface area contributed by atoms with E-state index in [-0.39, 0.29) is 0 Å². The predicted molar refractivity (Wildman–Crippen MR) is 71.8 cm³/mol. The third-order valence-corrected chi connectivity index (χ3v) is 3.50. The summed E-state index contributed by atoms with van der Waals surface area (Å²) in [6.45, 7) is 1.71. The highest BCUT2D eigenvalue weighted by Crippen LogP contribution is 2.34. The fraction of sp³-hybridized carbons (Fsp3) is 0.222. The minimum absolute atomic E-state index is 0.392. The molecule has 15 heavy (non-hydrogen) atoms. The summed E-state index contributed by atoms with van der Waals surface area (Å²) < 4.78 is 2.66. The number of carbonyl (C=O) groups is 1. The number of hydrogen-bond donors (Lipinski definition) is 2. The Morgan fingerprint density at radius 3 is 2.20 bits per heavy atom. The second kappa shape index (κ2) is 5.32. The van der Waals surface area contributed by atoms with Gasteiger partial charge in [-0.15, -0.1) is 0 Å². The van der Waals surface area contributed by atoms with Crippen molar-refractivity contribution < 1.29 is 4.79 Å². The van der Waals surface area contributed by atoms with E-state index in [1.165, 1.54) is 0 Å². The molecule has 1 aromatic rings. The lowest BCUT2D eigenvalue weighted by Crippen LogP contribution is -2.32. The maximum absolute atomic E-state index is 10.9. The zero-order valence-corrected chi connectivity index (χ0v) is 12.6. The van der Waals surface area contributed by atoms with Gasteiger partial charge in [0.25, 0.3) is 0 Å². The van der Waals surface area contributed by atoms with Gasteiger partial charge in [-0.05, 0) is 50.9 Å². The van der Waals surface area contributed by atoms with Crippen LogP contribution in [0.25, 0.3) is 0 Å². The Labute approximate surface area is 113 Å². The largest absolute Gasteiger partial charge is 0.372 e. The van der Waals surface area contributed by atoms with Gasteiger partial charge in [-0.25, -0.2) is 0 Å². The average Bonchev–Trinajstić information content (AvgIpc) is 2.10. The first-order chi connectivity index (χ1) is 6.91. The number of rotatable bonds is 3. The molecule has 0 saturated heterocycles. The molecule has 0 aliphatic carbocycles. The van der Waals surface area contributed by atoms with Crippen molar-refractivity contribution in [3.8, 4) is 0 Å². The number of anilines is 1. The van der Waals surface area contributed by atoms with Crippen molar-refractivity contribution >= 4 is 59.4 Å². The predicted octanol–water partition coefficient (Wildman–Crippen LogP) is 3.26. The molecule has 0 aromatic heterocycles. The fourth-order valence-corrected chi connectivity index (χ4v) is 3.46. The maximum atomic E-state index is 10.9. The van der Waals surface area contributed by atoms with Crippen LogP contribution < -0.4 is 11.1 Å². The number of halogens is 3. The third-order valence-electron chi connectivity index (χ3n) is 1.79. The molecule has 3 nitrogen and oxygen atoms in total. The van der Waals surface area contributed by atoms with Crippen molar-refractivity contribution in [1.82, 2.24) is 0 Å². The van der Waals surface area contributed by atoms with Gasteiger partial charge in [0.1, 0.15) is 6.04 Å². The van der Waals surface area contributed by atoms with Crippen LogP contribution in [0.4, 0.5) is 5.69 Å². The first-order valence-corrected chi connectivity index (χ1v) is 6.50. The smallest absolute Gasteiger partial charge is 0.239 e. The quantitative estimate of drug-likeness (QED) is 0.818. The molecule has 0 radical (unpaired) electrons. The Morgan fingerprint density at radius 2 is 1.80 bits per heavy atom. The zero-order chi connectivity index (χ0) is 11.6. The van der Waals surface area contributed by atoms with Crippen molar-refractivity contribution in [2.24, 2.45) is 5.73 Å². The standard InChI is InChI=1S/C9H9Br3N2O/c1-4(9(13)15)14-8-6(11)2-5(10)3-7(8)12/h2-4,14H,1H3,(H2,13,15). The van der Waals surface area contributed by atoms with Gasteiger partial charge in [0.2, 0.25) is 5.91 Å². The molecule has 1 atom stereocenters. The number of nitrogens with one attached hydrogen (secondary N) is 1. The summed E-state index contributed by atoms with van der Waals surface area (Å²) in [5.41, 5.74) is 5.98. The van der Waals surface area contributed by atoms with Crippen LogP contribution in [0.5, 0.6) is 0 Å². The first-order valence-electron chi connectivity index (χ1n) is 4.12. The summed E-state index contributed by atoms with van der Waals surface area (Å²) in [5.74, 6) is -0.392. The van der Waals surface area contributed by atoms with Crippen LogP contribution in [0.15, 0.2) is 25.6 Å². The lowest BCUT2D eigenvalue weighted by molar-refractivity contribution is -0.118. The Hall–Kier alpha value is -0.0700. The molecule has 82 valence electrons. The number of carbonyl (C=O) groups excluding carboxylic acids is 1. The second-order valence-corrected chi connectivity index (χ2v) is 5.64. The minimum Gasteiger partial charge on any atom is -0.372 e. The molecule has 3 N–H and O–H groups in total. The van der Waals surface area contributed by atoms with Gasteiger partial charge in [-0.1, -0.05) is 15.9 Å². The van der Waals surface area contributed by atoms with Crippen molar-refractivity contribution in [3.05, 3.63) is 25.6 Å². The molecule has 1 rings (SSSR count). The van der Waals surface area contributed by atoms with E-state index in [2.05, 4.69) is 53.1 Å². The molecular formula is C9H9Br3N2O. The number of amides is 1. The molecule has 0 spiro atoms. The number of nitrogens with two attached hydrogens (primary N) is 1. The van der Waals surface area contributed by atoms with E-state index in [0.717, 1.165) is 19.1 Å². The van der Waals surface area contributed by atoms with Crippen LogP contribution in [-0.4, -0.2) is 11.9 Å². The number of primary amides is 1. The molecule has 0 heterocycles. The van der Waals surface area contributed by atoms with E-state index in [1.54, 1.807) is 6.92 Å². The molecule has 1 amide bonds. The Balaban J connectivity index is 3.00. The summed E-state index contributed by atoms with van der Waals surface area (Å²) >= 11 is 10.2. The molecule has 6 heteroatoms. The van der Waals surface area contributed by atoms with E-state index in [9.17, 15) is 4.79 Å². The zero-order valence-electron chi connectivity index (χ0n) is 7.85. The van der Waals surface area contributed by atoms with Gasteiger partial charge in [0.05, 0.1) is 5.69 Å². The Kier molecular flexibility index (Phi) is 4.61. The molecule has 0 saturated carbocycles. The lowest BCUT2D eigenvalue weighted by atomic mass is 10.2. The van der Waals surface area contributed by atoms with Gasteiger partial charge >= 0.3 is 0 Å². The SMILES string of the molecule is CC(Nc1c(Br)cc(Br)cc1Br)C(N)=O. The van der Waals surface area contributed by atoms with Crippen molar-refractivity contribution in [2.75, 3.05) is 5.32 Å². The molecule has 1 aromatic carbocycles. The van der Waals surface area contributed by atoms with Gasteiger partial charge in [0, 0.05) is 13.4 Å². The molecular weight excluding hydrogens is 392 g/mol. The van der Waals surface area contributed by atoms with E-state index in [1.807, 2.05) is 12.1 Å². The third kappa shape index (κ3) is 3.46. The molecule has 0 bridgehead atoms. The number of benzene rings is 1. The summed E-state index contributed by atoms with van der Waals surface area (Å²) in [6.07, 6.45) is 0. The van der Waals surface area contributed by atoms with Crippen LogP contribution in [0.1, 0.15) is 6.92 Å². The molecule has 1 unspecified atom stereocenters. The lowest BCUT2D eigenvalue weighted by Gasteiger charge is -2.15. The van der Waals surface area contributed by atoms with Crippen molar-refractivity contribution in [1.29, 1.82) is 0 Å².